The summed E-state index contributed by atoms with van der Waals surface area (Å²) in [6.07, 6.45) is 11.4. The Morgan fingerprint density at radius 1 is 1.15 bits per heavy atom. The number of fused-ring (bicyclic) bond motifs is 2. The van der Waals surface area contributed by atoms with Gasteiger partial charge in [-0.2, -0.15) is 0 Å². The Labute approximate surface area is 194 Å². The van der Waals surface area contributed by atoms with E-state index >= 15 is 0 Å². The number of likely N-dealkylation sites (N-methyl/N-ethyl adjacent to an activating group) is 1. The number of pyridine rings is 1. The van der Waals surface area contributed by atoms with Gasteiger partial charge in [-0.05, 0) is 57.7 Å². The van der Waals surface area contributed by atoms with Crippen LogP contribution in [0.15, 0.2) is 30.9 Å². The lowest BCUT2D eigenvalue weighted by atomic mass is 9.75. The second kappa shape index (κ2) is 9.17. The van der Waals surface area contributed by atoms with Crippen LogP contribution in [-0.2, 0) is 15.1 Å². The van der Waals surface area contributed by atoms with E-state index in [1.54, 1.807) is 12.4 Å². The second-order valence-electron chi connectivity index (χ2n) is 9.54. The minimum Gasteiger partial charge on any atom is -0.449 e. The zero-order chi connectivity index (χ0) is 22.8. The highest BCUT2D eigenvalue weighted by Crippen LogP contribution is 2.48. The van der Waals surface area contributed by atoms with Crippen molar-refractivity contribution in [1.29, 1.82) is 0 Å². The van der Waals surface area contributed by atoms with E-state index in [9.17, 15) is 9.59 Å². The van der Waals surface area contributed by atoms with Gasteiger partial charge in [0.1, 0.15) is 11.9 Å². The van der Waals surface area contributed by atoms with E-state index in [0.29, 0.717) is 37.1 Å². The van der Waals surface area contributed by atoms with Crippen LogP contribution in [0.1, 0.15) is 61.0 Å². The molecule has 5 rings (SSSR count). The molecule has 1 saturated heterocycles. The fourth-order valence-electron chi connectivity index (χ4n) is 5.45. The van der Waals surface area contributed by atoms with E-state index in [2.05, 4.69) is 19.9 Å². The Kier molecular flexibility index (Phi) is 6.10. The first-order chi connectivity index (χ1) is 16.1. The first-order valence-electron chi connectivity index (χ1n) is 12.0. The average Bonchev–Trinajstić information content (AvgIpc) is 3.14. The molecule has 1 aliphatic carbocycles. The molecule has 33 heavy (non-hydrogen) atoms. The standard InChI is InChI=1S/C25H31N5O3/c1-29(13-14-30-11-3-2-4-12-30)23(31)18-7-9-25(10-8-18)20-5-6-21(19-15-26-17-27-16-19)28-22(20)24(32)33-25/h5-6,15-18H,2-4,7-14H2,1H3. The number of nitrogens with zero attached hydrogens (tertiary/aromatic N) is 5. The SMILES string of the molecule is CN(CCN1CCCCC1)C(=O)C1CCC2(CC1)OC(=O)c1nc(-c3cncnc3)ccc12. The molecule has 0 N–H and O–H groups in total. The van der Waals surface area contributed by atoms with Gasteiger partial charge in [-0.15, -0.1) is 0 Å². The van der Waals surface area contributed by atoms with E-state index in [0.717, 1.165) is 37.3 Å². The molecule has 8 heteroatoms. The maximum Gasteiger partial charge on any atom is 0.358 e. The molecule has 0 bridgehead atoms. The Bertz CT molecular complexity index is 1010. The third-order valence-corrected chi connectivity index (χ3v) is 7.44. The van der Waals surface area contributed by atoms with E-state index < -0.39 is 5.60 Å². The summed E-state index contributed by atoms with van der Waals surface area (Å²) in [5.74, 6) is -0.186. The number of aromatic nitrogens is 3. The minimum absolute atomic E-state index is 0.0153. The lowest BCUT2D eigenvalue weighted by Gasteiger charge is -2.37. The summed E-state index contributed by atoms with van der Waals surface area (Å²) in [4.78, 5) is 42.7. The lowest BCUT2D eigenvalue weighted by Crippen LogP contribution is -2.43. The van der Waals surface area contributed by atoms with Crippen molar-refractivity contribution in [2.75, 3.05) is 33.2 Å². The molecular weight excluding hydrogens is 418 g/mol. The normalized spacial score (nSPS) is 25.0. The Hall–Kier alpha value is -2.87. The van der Waals surface area contributed by atoms with E-state index in [-0.39, 0.29) is 17.8 Å². The first-order valence-corrected chi connectivity index (χ1v) is 12.0. The summed E-state index contributed by atoms with van der Waals surface area (Å²) < 4.78 is 5.90. The van der Waals surface area contributed by atoms with Crippen molar-refractivity contribution in [3.63, 3.8) is 0 Å². The number of carbonyl (C=O) groups excluding carboxylic acids is 2. The van der Waals surface area contributed by atoms with E-state index in [4.69, 9.17) is 4.74 Å². The van der Waals surface area contributed by atoms with Gasteiger partial charge in [-0.1, -0.05) is 12.5 Å². The highest BCUT2D eigenvalue weighted by atomic mass is 16.6. The van der Waals surface area contributed by atoms with Crippen LogP contribution in [0, 0.1) is 5.92 Å². The van der Waals surface area contributed by atoms with Gasteiger partial charge in [0.15, 0.2) is 5.69 Å². The van der Waals surface area contributed by atoms with Crippen molar-refractivity contribution in [2.24, 2.45) is 5.92 Å². The van der Waals surface area contributed by atoms with Crippen LogP contribution in [0.25, 0.3) is 11.3 Å². The monoisotopic (exact) mass is 449 g/mol. The van der Waals surface area contributed by atoms with Crippen molar-refractivity contribution >= 4 is 11.9 Å². The molecule has 2 fully saturated rings. The number of piperidine rings is 1. The van der Waals surface area contributed by atoms with Crippen LogP contribution >= 0.6 is 0 Å². The highest BCUT2D eigenvalue weighted by Gasteiger charge is 2.49. The van der Waals surface area contributed by atoms with Crippen molar-refractivity contribution in [1.82, 2.24) is 24.8 Å². The largest absolute Gasteiger partial charge is 0.449 e. The van der Waals surface area contributed by atoms with Crippen LogP contribution in [0.5, 0.6) is 0 Å². The fourth-order valence-corrected chi connectivity index (χ4v) is 5.45. The van der Waals surface area contributed by atoms with Gasteiger partial charge in [-0.3, -0.25) is 4.79 Å². The highest BCUT2D eigenvalue weighted by molar-refractivity contribution is 5.93. The average molecular weight is 450 g/mol. The van der Waals surface area contributed by atoms with Crippen molar-refractivity contribution in [3.05, 3.63) is 42.1 Å². The zero-order valence-electron chi connectivity index (χ0n) is 19.2. The zero-order valence-corrected chi connectivity index (χ0v) is 19.2. The summed E-state index contributed by atoms with van der Waals surface area (Å²) in [5.41, 5.74) is 1.98. The molecule has 1 amide bonds. The number of esters is 1. The van der Waals surface area contributed by atoms with Crippen LogP contribution in [0.2, 0.25) is 0 Å². The van der Waals surface area contributed by atoms with Crippen molar-refractivity contribution < 1.29 is 14.3 Å². The number of hydrogen-bond acceptors (Lipinski definition) is 7. The molecule has 0 atom stereocenters. The first kappa shape index (κ1) is 21.9. The van der Waals surface area contributed by atoms with E-state index in [1.807, 2.05) is 24.1 Å². The summed E-state index contributed by atoms with van der Waals surface area (Å²) in [6.45, 7) is 4.01. The van der Waals surface area contributed by atoms with Gasteiger partial charge in [-0.25, -0.2) is 19.7 Å². The lowest BCUT2D eigenvalue weighted by molar-refractivity contribution is -0.137. The molecule has 4 heterocycles. The number of likely N-dealkylation sites (tertiary alicyclic amines) is 1. The number of carbonyl (C=O) groups is 2. The third kappa shape index (κ3) is 4.36. The summed E-state index contributed by atoms with van der Waals surface area (Å²) in [5, 5.41) is 0. The Morgan fingerprint density at radius 2 is 1.88 bits per heavy atom. The molecule has 2 aliphatic heterocycles. The summed E-state index contributed by atoms with van der Waals surface area (Å²) in [7, 11) is 1.92. The topological polar surface area (TPSA) is 88.5 Å². The number of amides is 1. The smallest absolute Gasteiger partial charge is 0.358 e. The number of rotatable bonds is 5. The molecule has 0 radical (unpaired) electrons. The molecule has 2 aromatic heterocycles. The van der Waals surface area contributed by atoms with Crippen LogP contribution in [0.4, 0.5) is 0 Å². The van der Waals surface area contributed by atoms with Gasteiger partial charge in [0.05, 0.1) is 5.69 Å². The molecule has 3 aliphatic rings. The molecule has 2 aromatic rings. The van der Waals surface area contributed by atoms with Gasteiger partial charge in [0.25, 0.3) is 0 Å². The van der Waals surface area contributed by atoms with Gasteiger partial charge < -0.3 is 14.5 Å². The Balaban J connectivity index is 1.22. The minimum atomic E-state index is -0.658. The maximum absolute atomic E-state index is 13.1. The molecule has 8 nitrogen and oxygen atoms in total. The molecular formula is C25H31N5O3. The van der Waals surface area contributed by atoms with Gasteiger partial charge >= 0.3 is 5.97 Å². The van der Waals surface area contributed by atoms with Crippen LogP contribution < -0.4 is 0 Å². The summed E-state index contributed by atoms with van der Waals surface area (Å²) >= 11 is 0. The maximum atomic E-state index is 13.1. The molecule has 0 unspecified atom stereocenters. The number of ether oxygens (including phenoxy) is 1. The second-order valence-corrected chi connectivity index (χ2v) is 9.54. The van der Waals surface area contributed by atoms with Gasteiger partial charge in [0, 0.05) is 49.6 Å². The summed E-state index contributed by atoms with van der Waals surface area (Å²) in [6, 6.07) is 3.84. The molecule has 0 aromatic carbocycles. The predicted molar refractivity (Wildman–Crippen MR) is 122 cm³/mol. The van der Waals surface area contributed by atoms with Crippen LogP contribution in [-0.4, -0.2) is 69.9 Å². The fraction of sp³-hybridized carbons (Fsp3) is 0.560. The van der Waals surface area contributed by atoms with Crippen molar-refractivity contribution in [2.45, 2.75) is 50.5 Å². The van der Waals surface area contributed by atoms with Crippen LogP contribution in [0.3, 0.4) is 0 Å². The quantitative estimate of drug-likeness (QED) is 0.648. The molecule has 1 spiro atoms. The number of hydrogen-bond donors (Lipinski definition) is 0. The third-order valence-electron chi connectivity index (χ3n) is 7.44. The van der Waals surface area contributed by atoms with Gasteiger partial charge in [0.2, 0.25) is 5.91 Å². The Morgan fingerprint density at radius 3 is 2.61 bits per heavy atom. The van der Waals surface area contributed by atoms with E-state index in [1.165, 1.54) is 25.6 Å². The molecule has 1 saturated carbocycles. The molecule has 174 valence electrons. The van der Waals surface area contributed by atoms with Crippen molar-refractivity contribution in [3.8, 4) is 11.3 Å². The predicted octanol–water partition coefficient (Wildman–Crippen LogP) is 3.04.